The van der Waals surface area contributed by atoms with Crippen LogP contribution in [0.25, 0.3) is 0 Å². The lowest BCUT2D eigenvalue weighted by atomic mass is 9.77. The molecule has 2 aromatic rings. The van der Waals surface area contributed by atoms with E-state index in [9.17, 15) is 14.6 Å². The molecule has 0 aliphatic heterocycles. The molecule has 2 aromatic carbocycles. The summed E-state index contributed by atoms with van der Waals surface area (Å²) in [5.74, 6) is -0.616. The maximum Gasteiger partial charge on any atom is 0.491 e. The van der Waals surface area contributed by atoms with Gasteiger partial charge in [0.15, 0.2) is 0 Å². The number of ether oxygens (including phenoxy) is 1. The lowest BCUT2D eigenvalue weighted by Gasteiger charge is -2.31. The fourth-order valence-electron chi connectivity index (χ4n) is 3.48. The fraction of sp³-hybridized carbons (Fsp3) is 0.533. The zero-order valence-electron chi connectivity index (χ0n) is 24.1. The van der Waals surface area contributed by atoms with E-state index in [-0.39, 0.29) is 23.7 Å². The number of rotatable bonds is 9. The fourth-order valence-corrected chi connectivity index (χ4v) is 3.48. The molecule has 1 unspecified atom stereocenters. The number of amides is 1. The van der Waals surface area contributed by atoms with E-state index >= 15 is 0 Å². The van der Waals surface area contributed by atoms with Crippen molar-refractivity contribution in [2.24, 2.45) is 5.92 Å². The summed E-state index contributed by atoms with van der Waals surface area (Å²) in [4.78, 5) is 26.1. The molecule has 0 saturated carbocycles. The summed E-state index contributed by atoms with van der Waals surface area (Å²) in [5, 5.41) is 13.4. The molecular formula is C30H44BNO5. The molecule has 0 bridgehead atoms. The first kappa shape index (κ1) is 30.6. The molecule has 2 N–H and O–H groups in total. The number of benzene rings is 2. The summed E-state index contributed by atoms with van der Waals surface area (Å²) in [5.41, 5.74) is 1.83. The second-order valence-electron chi connectivity index (χ2n) is 12.6. The quantitative estimate of drug-likeness (QED) is 0.375. The van der Waals surface area contributed by atoms with Crippen LogP contribution in [0.5, 0.6) is 0 Å². The lowest BCUT2D eigenvalue weighted by Crippen LogP contribution is -2.46. The molecule has 0 radical (unpaired) electrons. The number of carbonyl (C=O) groups excluding carboxylic acids is 2. The number of esters is 1. The molecule has 0 spiro atoms. The minimum Gasteiger partial charge on any atom is -0.458 e. The van der Waals surface area contributed by atoms with Crippen molar-refractivity contribution < 1.29 is 24.0 Å². The summed E-state index contributed by atoms with van der Waals surface area (Å²) >= 11 is 0. The van der Waals surface area contributed by atoms with E-state index in [0.29, 0.717) is 11.0 Å². The summed E-state index contributed by atoms with van der Waals surface area (Å²) < 4.78 is 11.5. The van der Waals surface area contributed by atoms with Crippen LogP contribution in [0.15, 0.2) is 48.5 Å². The Balaban J connectivity index is 2.20. The Kier molecular flexibility index (Phi) is 9.78. The molecule has 0 fully saturated rings. The van der Waals surface area contributed by atoms with E-state index in [0.717, 1.165) is 11.1 Å². The average Bonchev–Trinajstić information content (AvgIpc) is 2.77. The first-order chi connectivity index (χ1) is 16.9. The largest absolute Gasteiger partial charge is 0.491 e. The molecule has 1 atom stereocenters. The van der Waals surface area contributed by atoms with Crippen molar-refractivity contribution in [3.05, 3.63) is 65.2 Å². The smallest absolute Gasteiger partial charge is 0.458 e. The summed E-state index contributed by atoms with van der Waals surface area (Å²) in [6, 6.07) is 13.7. The monoisotopic (exact) mass is 509 g/mol. The van der Waals surface area contributed by atoms with Crippen molar-refractivity contribution in [3.63, 3.8) is 0 Å². The predicted molar refractivity (Wildman–Crippen MR) is 150 cm³/mol. The topological polar surface area (TPSA) is 84.9 Å². The minimum absolute atomic E-state index is 0.0244. The molecule has 6 nitrogen and oxygen atoms in total. The van der Waals surface area contributed by atoms with E-state index in [1.165, 1.54) is 0 Å². The third-order valence-electron chi connectivity index (χ3n) is 6.52. The van der Waals surface area contributed by atoms with Crippen molar-refractivity contribution in [2.45, 2.75) is 98.3 Å². The first-order valence-corrected chi connectivity index (χ1v) is 13.0. The normalized spacial score (nSPS) is 13.3. The zero-order valence-corrected chi connectivity index (χ0v) is 24.1. The highest BCUT2D eigenvalue weighted by molar-refractivity contribution is 6.60. The SMILES string of the molecule is CC(C)C(C)(C)OB(O)c1ccc(CC(NC(=O)c2ccc(C(C)(C)C)cc2)C(=O)OC(C)(C)C)cc1. The Morgan fingerprint density at radius 2 is 1.43 bits per heavy atom. The molecule has 202 valence electrons. The van der Waals surface area contributed by atoms with Crippen LogP contribution in [0.2, 0.25) is 0 Å². The Morgan fingerprint density at radius 3 is 1.89 bits per heavy atom. The molecule has 37 heavy (non-hydrogen) atoms. The van der Waals surface area contributed by atoms with Gasteiger partial charge in [-0.2, -0.15) is 0 Å². The van der Waals surface area contributed by atoms with Crippen LogP contribution in [0, 0.1) is 5.92 Å². The van der Waals surface area contributed by atoms with E-state index in [4.69, 9.17) is 9.39 Å². The first-order valence-electron chi connectivity index (χ1n) is 13.0. The highest BCUT2D eigenvalue weighted by Crippen LogP contribution is 2.23. The molecule has 0 aliphatic carbocycles. The highest BCUT2D eigenvalue weighted by Gasteiger charge is 2.31. The van der Waals surface area contributed by atoms with Crippen LogP contribution in [0.3, 0.4) is 0 Å². The molecule has 7 heteroatoms. The second-order valence-corrected chi connectivity index (χ2v) is 12.6. The minimum atomic E-state index is -1.07. The highest BCUT2D eigenvalue weighted by atomic mass is 16.6. The van der Waals surface area contributed by atoms with Gasteiger partial charge in [-0.1, -0.05) is 71.0 Å². The van der Waals surface area contributed by atoms with Gasteiger partial charge in [-0.3, -0.25) is 4.79 Å². The third-order valence-corrected chi connectivity index (χ3v) is 6.52. The van der Waals surface area contributed by atoms with Gasteiger partial charge in [0, 0.05) is 12.0 Å². The van der Waals surface area contributed by atoms with Gasteiger partial charge in [-0.05, 0) is 74.7 Å². The van der Waals surface area contributed by atoms with Crippen LogP contribution in [-0.2, 0) is 26.0 Å². The van der Waals surface area contributed by atoms with Crippen molar-refractivity contribution >= 4 is 24.5 Å². The van der Waals surface area contributed by atoms with Crippen molar-refractivity contribution in [1.82, 2.24) is 5.32 Å². The predicted octanol–water partition coefficient (Wildman–Crippen LogP) is 4.81. The molecule has 0 aliphatic rings. The molecule has 0 aromatic heterocycles. The Hall–Kier alpha value is -2.64. The van der Waals surface area contributed by atoms with Gasteiger partial charge in [0.1, 0.15) is 11.6 Å². The van der Waals surface area contributed by atoms with Gasteiger partial charge in [-0.25, -0.2) is 4.79 Å². The van der Waals surface area contributed by atoms with Crippen molar-refractivity contribution in [2.75, 3.05) is 0 Å². The Labute approximate surface area is 223 Å². The van der Waals surface area contributed by atoms with Crippen LogP contribution < -0.4 is 10.8 Å². The van der Waals surface area contributed by atoms with Crippen molar-refractivity contribution in [3.8, 4) is 0 Å². The van der Waals surface area contributed by atoms with E-state index in [1.807, 2.05) is 52.0 Å². The van der Waals surface area contributed by atoms with Gasteiger partial charge in [0.25, 0.3) is 5.91 Å². The van der Waals surface area contributed by atoms with Crippen molar-refractivity contribution in [1.29, 1.82) is 0 Å². The summed E-state index contributed by atoms with van der Waals surface area (Å²) in [6.07, 6.45) is 0.245. The van der Waals surface area contributed by atoms with E-state index in [2.05, 4.69) is 26.1 Å². The number of carbonyl (C=O) groups is 2. The van der Waals surface area contributed by atoms with Gasteiger partial charge >= 0.3 is 13.1 Å². The molecule has 2 rings (SSSR count). The maximum atomic E-state index is 13.0. The average molecular weight is 509 g/mol. The van der Waals surface area contributed by atoms with Gasteiger partial charge in [0.2, 0.25) is 0 Å². The van der Waals surface area contributed by atoms with Crippen LogP contribution in [0.4, 0.5) is 0 Å². The Bertz CT molecular complexity index is 1050. The second kappa shape index (κ2) is 11.8. The third kappa shape index (κ3) is 9.31. The van der Waals surface area contributed by atoms with Crippen LogP contribution in [0.1, 0.15) is 90.7 Å². The maximum absolute atomic E-state index is 13.0. The Morgan fingerprint density at radius 1 is 0.892 bits per heavy atom. The summed E-state index contributed by atoms with van der Waals surface area (Å²) in [6.45, 7) is 19.7. The van der Waals surface area contributed by atoms with E-state index in [1.54, 1.807) is 45.0 Å². The summed E-state index contributed by atoms with van der Waals surface area (Å²) in [7, 11) is -1.07. The molecular weight excluding hydrogens is 465 g/mol. The van der Waals surface area contributed by atoms with Gasteiger partial charge in [0.05, 0.1) is 5.60 Å². The number of nitrogens with one attached hydrogen (secondary N) is 1. The molecule has 1 amide bonds. The molecule has 0 heterocycles. The van der Waals surface area contributed by atoms with Crippen LogP contribution >= 0.6 is 0 Å². The number of hydrogen-bond donors (Lipinski definition) is 2. The van der Waals surface area contributed by atoms with Gasteiger partial charge < -0.3 is 19.7 Å². The van der Waals surface area contributed by atoms with Crippen LogP contribution in [-0.4, -0.2) is 41.3 Å². The standard InChI is InChI=1S/C30H44BNO5/c1-20(2)30(9,10)37-31(35)24-17-11-21(12-18-24)19-25(27(34)36-29(6,7)8)32-26(33)22-13-15-23(16-14-22)28(3,4)5/h11-18,20,25,35H,19H2,1-10H3,(H,32,33). The van der Waals surface area contributed by atoms with E-state index < -0.39 is 30.3 Å². The molecule has 0 saturated heterocycles. The zero-order chi connectivity index (χ0) is 28.2. The number of hydrogen-bond acceptors (Lipinski definition) is 5. The van der Waals surface area contributed by atoms with Gasteiger partial charge in [-0.15, -0.1) is 0 Å². The lowest BCUT2D eigenvalue weighted by molar-refractivity contribution is -0.157.